The summed E-state index contributed by atoms with van der Waals surface area (Å²) in [4.78, 5) is 16.9. The van der Waals surface area contributed by atoms with Gasteiger partial charge in [0.1, 0.15) is 5.82 Å². The van der Waals surface area contributed by atoms with Gasteiger partial charge in [-0.3, -0.25) is 10.2 Å². The van der Waals surface area contributed by atoms with Crippen molar-refractivity contribution in [1.29, 1.82) is 0 Å². The number of halogens is 2. The lowest BCUT2D eigenvalue weighted by molar-refractivity contribution is 0.101. The zero-order valence-corrected chi connectivity index (χ0v) is 14.4. The minimum Gasteiger partial charge on any atom is -0.454 e. The Morgan fingerprint density at radius 1 is 1.23 bits per heavy atom. The smallest absolute Gasteiger partial charge is 0.270 e. The first-order chi connectivity index (χ1) is 12.5. The molecule has 6 nitrogen and oxygen atoms in total. The zero-order chi connectivity index (χ0) is 18.3. The molecule has 0 unspecified atom stereocenters. The van der Waals surface area contributed by atoms with Crippen LogP contribution in [0.3, 0.4) is 0 Å². The first-order valence-corrected chi connectivity index (χ1v) is 8.11. The van der Waals surface area contributed by atoms with Gasteiger partial charge in [0.15, 0.2) is 17.3 Å². The van der Waals surface area contributed by atoms with Crippen molar-refractivity contribution in [2.24, 2.45) is 0 Å². The van der Waals surface area contributed by atoms with Gasteiger partial charge in [-0.1, -0.05) is 11.6 Å². The second kappa shape index (κ2) is 6.34. The summed E-state index contributed by atoms with van der Waals surface area (Å²) < 4.78 is 25.3. The number of carbonyl (C=O) groups is 1. The Bertz CT molecular complexity index is 1020. The zero-order valence-electron chi connectivity index (χ0n) is 13.6. The van der Waals surface area contributed by atoms with Crippen molar-refractivity contribution in [2.75, 3.05) is 12.2 Å². The van der Waals surface area contributed by atoms with E-state index in [-0.39, 0.29) is 17.7 Å². The number of aromatic nitrogens is 2. The quantitative estimate of drug-likeness (QED) is 0.759. The van der Waals surface area contributed by atoms with Gasteiger partial charge in [0.2, 0.25) is 6.79 Å². The first kappa shape index (κ1) is 16.4. The predicted molar refractivity (Wildman–Crippen MR) is 93.6 cm³/mol. The molecule has 0 aliphatic carbocycles. The molecule has 0 atom stereocenters. The van der Waals surface area contributed by atoms with Crippen LogP contribution in [0.2, 0.25) is 5.02 Å². The molecule has 1 aliphatic heterocycles. The van der Waals surface area contributed by atoms with Gasteiger partial charge < -0.3 is 9.47 Å². The fraction of sp³-hybridized carbons (Fsp3) is 0.111. The Hall–Kier alpha value is -3.06. The summed E-state index contributed by atoms with van der Waals surface area (Å²) in [6.07, 6.45) is 1.59. The molecule has 1 aromatic heterocycles. The maximum Gasteiger partial charge on any atom is 0.270 e. The number of hydrogen-bond acceptors (Lipinski definition) is 4. The molecule has 1 N–H and O–H groups in total. The van der Waals surface area contributed by atoms with Crippen LogP contribution in [-0.2, 0) is 0 Å². The van der Waals surface area contributed by atoms with E-state index in [1.54, 1.807) is 31.3 Å². The Labute approximate surface area is 153 Å². The third-order valence-electron chi connectivity index (χ3n) is 3.96. The number of ether oxygens (including phenoxy) is 2. The molecule has 0 spiro atoms. The molecule has 0 radical (unpaired) electrons. The molecule has 4 rings (SSSR count). The van der Waals surface area contributed by atoms with Gasteiger partial charge in [-0.25, -0.2) is 14.1 Å². The molecular weight excluding hydrogens is 361 g/mol. The molecular formula is C18H13ClFN3O3. The molecule has 0 fully saturated rings. The highest BCUT2D eigenvalue weighted by atomic mass is 35.5. The van der Waals surface area contributed by atoms with Crippen molar-refractivity contribution in [1.82, 2.24) is 9.66 Å². The van der Waals surface area contributed by atoms with Crippen LogP contribution in [0.1, 0.15) is 16.1 Å². The number of nitrogens with zero attached hydrogens (tertiary/aromatic N) is 2. The van der Waals surface area contributed by atoms with E-state index >= 15 is 0 Å². The number of benzene rings is 2. The third-order valence-corrected chi connectivity index (χ3v) is 4.27. The second-order valence-electron chi connectivity index (χ2n) is 5.69. The SMILES string of the molecule is Cc1cnc(-c2ccc(F)cc2Cl)n1NC(=O)c1ccc2c(c1)OCO2. The van der Waals surface area contributed by atoms with Crippen molar-refractivity contribution >= 4 is 17.5 Å². The highest BCUT2D eigenvalue weighted by Gasteiger charge is 2.19. The minimum absolute atomic E-state index is 0.133. The van der Waals surface area contributed by atoms with E-state index in [0.29, 0.717) is 34.1 Å². The number of nitrogens with one attached hydrogen (secondary N) is 1. The molecule has 1 amide bonds. The number of carbonyl (C=O) groups excluding carboxylic acids is 1. The molecule has 0 saturated heterocycles. The predicted octanol–water partition coefficient (Wildman–Crippen LogP) is 3.76. The normalized spacial score (nSPS) is 12.3. The number of rotatable bonds is 3. The van der Waals surface area contributed by atoms with Crippen molar-refractivity contribution in [3.05, 3.63) is 64.7 Å². The van der Waals surface area contributed by atoms with Gasteiger partial charge >= 0.3 is 0 Å². The van der Waals surface area contributed by atoms with E-state index in [1.807, 2.05) is 0 Å². The maximum atomic E-state index is 13.3. The molecule has 132 valence electrons. The number of fused-ring (bicyclic) bond motifs is 1. The van der Waals surface area contributed by atoms with Crippen LogP contribution in [0.4, 0.5) is 4.39 Å². The second-order valence-corrected chi connectivity index (χ2v) is 6.10. The van der Waals surface area contributed by atoms with Crippen molar-refractivity contribution < 1.29 is 18.7 Å². The van der Waals surface area contributed by atoms with Crippen LogP contribution in [0.15, 0.2) is 42.6 Å². The van der Waals surface area contributed by atoms with Crippen LogP contribution in [0.25, 0.3) is 11.4 Å². The lowest BCUT2D eigenvalue weighted by atomic mass is 10.2. The first-order valence-electron chi connectivity index (χ1n) is 7.74. The fourth-order valence-corrected chi connectivity index (χ4v) is 2.89. The lowest BCUT2D eigenvalue weighted by Crippen LogP contribution is -2.24. The lowest BCUT2D eigenvalue weighted by Gasteiger charge is -2.13. The summed E-state index contributed by atoms with van der Waals surface area (Å²) >= 11 is 6.13. The van der Waals surface area contributed by atoms with Crippen LogP contribution in [-0.4, -0.2) is 22.4 Å². The maximum absolute atomic E-state index is 13.3. The van der Waals surface area contributed by atoms with Crippen molar-refractivity contribution in [3.63, 3.8) is 0 Å². The summed E-state index contributed by atoms with van der Waals surface area (Å²) in [5.41, 5.74) is 4.37. The molecule has 2 heterocycles. The molecule has 1 aliphatic rings. The average molecular weight is 374 g/mol. The van der Waals surface area contributed by atoms with Crippen molar-refractivity contribution in [2.45, 2.75) is 6.92 Å². The third kappa shape index (κ3) is 2.86. The monoisotopic (exact) mass is 373 g/mol. The summed E-state index contributed by atoms with van der Waals surface area (Å²) in [5, 5.41) is 0.203. The molecule has 0 saturated carbocycles. The molecule has 2 aromatic carbocycles. The van der Waals surface area contributed by atoms with Crippen LogP contribution < -0.4 is 14.9 Å². The topological polar surface area (TPSA) is 65.4 Å². The largest absolute Gasteiger partial charge is 0.454 e. The highest BCUT2D eigenvalue weighted by molar-refractivity contribution is 6.33. The highest BCUT2D eigenvalue weighted by Crippen LogP contribution is 2.33. The Kier molecular flexibility index (Phi) is 4.00. The number of imidazole rings is 1. The Balaban J connectivity index is 1.66. The van der Waals surface area contributed by atoms with Crippen LogP contribution >= 0.6 is 11.6 Å². The summed E-state index contributed by atoms with van der Waals surface area (Å²) in [5.74, 6) is 0.712. The van der Waals surface area contributed by atoms with E-state index in [0.717, 1.165) is 0 Å². The van der Waals surface area contributed by atoms with E-state index in [4.69, 9.17) is 21.1 Å². The number of aryl methyl sites for hydroxylation is 1. The van der Waals surface area contributed by atoms with Gasteiger partial charge in [-0.2, -0.15) is 0 Å². The number of hydrogen-bond donors (Lipinski definition) is 1. The van der Waals surface area contributed by atoms with Gasteiger partial charge in [0, 0.05) is 11.1 Å². The molecule has 26 heavy (non-hydrogen) atoms. The summed E-state index contributed by atoms with van der Waals surface area (Å²) in [7, 11) is 0. The van der Waals surface area contributed by atoms with Gasteiger partial charge in [-0.05, 0) is 43.3 Å². The van der Waals surface area contributed by atoms with E-state index < -0.39 is 5.82 Å². The van der Waals surface area contributed by atoms with Gasteiger partial charge in [0.05, 0.1) is 16.9 Å². The van der Waals surface area contributed by atoms with Crippen LogP contribution in [0, 0.1) is 12.7 Å². The van der Waals surface area contributed by atoms with E-state index in [9.17, 15) is 9.18 Å². The Morgan fingerprint density at radius 3 is 2.85 bits per heavy atom. The van der Waals surface area contributed by atoms with Crippen LogP contribution in [0.5, 0.6) is 11.5 Å². The molecule has 3 aromatic rings. The molecule has 0 bridgehead atoms. The van der Waals surface area contributed by atoms with E-state index in [1.165, 1.54) is 22.9 Å². The summed E-state index contributed by atoms with van der Waals surface area (Å²) in [6.45, 7) is 1.92. The Morgan fingerprint density at radius 2 is 2.04 bits per heavy atom. The average Bonchev–Trinajstić information content (AvgIpc) is 3.22. The van der Waals surface area contributed by atoms with E-state index in [2.05, 4.69) is 10.4 Å². The number of amides is 1. The van der Waals surface area contributed by atoms with Crippen molar-refractivity contribution in [3.8, 4) is 22.9 Å². The van der Waals surface area contributed by atoms with Gasteiger partial charge in [0.25, 0.3) is 5.91 Å². The fourth-order valence-electron chi connectivity index (χ4n) is 2.64. The van der Waals surface area contributed by atoms with Gasteiger partial charge in [-0.15, -0.1) is 0 Å². The minimum atomic E-state index is -0.446. The standard InChI is InChI=1S/C18H13ClFN3O3/c1-10-8-21-17(13-4-3-12(20)7-14(13)19)23(10)22-18(24)11-2-5-15-16(6-11)26-9-25-15/h2-8H,9H2,1H3,(H,22,24). The molecule has 8 heteroatoms. The summed E-state index contributed by atoms with van der Waals surface area (Å²) in [6, 6.07) is 8.92.